The van der Waals surface area contributed by atoms with E-state index in [2.05, 4.69) is 35.9 Å². The lowest BCUT2D eigenvalue weighted by atomic mass is 10.0. The summed E-state index contributed by atoms with van der Waals surface area (Å²) < 4.78 is 11.6. The Labute approximate surface area is 191 Å². The van der Waals surface area contributed by atoms with Gasteiger partial charge in [0.2, 0.25) is 5.91 Å². The second-order valence-electron chi connectivity index (χ2n) is 9.41. The van der Waals surface area contributed by atoms with Crippen molar-refractivity contribution in [3.8, 4) is 11.5 Å². The maximum Gasteiger partial charge on any atom is 0.227 e. The molecule has 172 valence electrons. The molecule has 0 spiro atoms. The molecule has 6 heteroatoms. The smallest absolute Gasteiger partial charge is 0.227 e. The number of benzene rings is 1. The lowest BCUT2D eigenvalue weighted by Gasteiger charge is -2.28. The van der Waals surface area contributed by atoms with Gasteiger partial charge in [-0.3, -0.25) is 14.7 Å². The van der Waals surface area contributed by atoms with Crippen LogP contribution in [-0.4, -0.2) is 53.5 Å². The quantitative estimate of drug-likeness (QED) is 0.654. The number of hydrogen-bond donors (Lipinski definition) is 0. The maximum absolute atomic E-state index is 13.5. The highest BCUT2D eigenvalue weighted by atomic mass is 16.5. The Bertz CT molecular complexity index is 930. The number of amides is 1. The van der Waals surface area contributed by atoms with Crippen molar-refractivity contribution in [1.82, 2.24) is 14.8 Å². The van der Waals surface area contributed by atoms with Crippen molar-refractivity contribution in [2.24, 2.45) is 11.8 Å². The first kappa shape index (κ1) is 22.6. The van der Waals surface area contributed by atoms with Crippen LogP contribution in [0.15, 0.2) is 36.5 Å². The van der Waals surface area contributed by atoms with Gasteiger partial charge in [0.15, 0.2) is 11.5 Å². The Hall–Kier alpha value is -2.60. The summed E-state index contributed by atoms with van der Waals surface area (Å²) in [7, 11) is 0. The molecule has 1 fully saturated rings. The first-order valence-corrected chi connectivity index (χ1v) is 11.8. The van der Waals surface area contributed by atoms with E-state index in [9.17, 15) is 4.79 Å². The summed E-state index contributed by atoms with van der Waals surface area (Å²) in [6.45, 7) is 11.7. The van der Waals surface area contributed by atoms with Crippen LogP contribution < -0.4 is 9.47 Å². The zero-order valence-electron chi connectivity index (χ0n) is 19.5. The molecule has 2 aliphatic rings. The molecule has 0 saturated carbocycles. The molecule has 3 heterocycles. The molecule has 0 N–H and O–H groups in total. The fourth-order valence-electron chi connectivity index (χ4n) is 4.56. The Morgan fingerprint density at radius 1 is 1.22 bits per heavy atom. The predicted octanol–water partition coefficient (Wildman–Crippen LogP) is 4.06. The zero-order valence-corrected chi connectivity index (χ0v) is 19.5. The molecule has 1 amide bonds. The van der Waals surface area contributed by atoms with Crippen LogP contribution in [0.4, 0.5) is 0 Å². The average Bonchev–Trinajstić information content (AvgIpc) is 3.11. The molecule has 1 saturated heterocycles. The van der Waals surface area contributed by atoms with Crippen molar-refractivity contribution in [3.63, 3.8) is 0 Å². The van der Waals surface area contributed by atoms with Crippen LogP contribution >= 0.6 is 0 Å². The van der Waals surface area contributed by atoms with Crippen molar-refractivity contribution in [2.75, 3.05) is 32.8 Å². The Morgan fingerprint density at radius 2 is 2.03 bits per heavy atom. The van der Waals surface area contributed by atoms with Crippen LogP contribution in [0.3, 0.4) is 0 Å². The van der Waals surface area contributed by atoms with Gasteiger partial charge in [-0.1, -0.05) is 26.0 Å². The number of nitrogens with zero attached hydrogens (tertiary/aromatic N) is 3. The van der Waals surface area contributed by atoms with E-state index in [0.717, 1.165) is 61.8 Å². The van der Waals surface area contributed by atoms with E-state index in [4.69, 9.17) is 9.47 Å². The molecule has 6 nitrogen and oxygen atoms in total. The van der Waals surface area contributed by atoms with Crippen LogP contribution in [-0.2, 0) is 17.9 Å². The van der Waals surface area contributed by atoms with Crippen LogP contribution in [0.1, 0.15) is 43.5 Å². The molecule has 1 aromatic carbocycles. The minimum atomic E-state index is 0.0474. The zero-order chi connectivity index (χ0) is 22.5. The third-order valence-electron chi connectivity index (χ3n) is 6.21. The van der Waals surface area contributed by atoms with Crippen molar-refractivity contribution >= 4 is 5.91 Å². The van der Waals surface area contributed by atoms with Crippen molar-refractivity contribution < 1.29 is 14.3 Å². The lowest BCUT2D eigenvalue weighted by Crippen LogP contribution is -2.39. The first-order chi connectivity index (χ1) is 15.5. The Kier molecular flexibility index (Phi) is 7.30. The van der Waals surface area contributed by atoms with Gasteiger partial charge in [0, 0.05) is 44.5 Å². The van der Waals surface area contributed by atoms with Crippen molar-refractivity contribution in [1.29, 1.82) is 0 Å². The lowest BCUT2D eigenvalue weighted by molar-refractivity contribution is -0.136. The molecular weight excluding hydrogens is 402 g/mol. The number of pyridine rings is 1. The largest absolute Gasteiger partial charge is 0.490 e. The standard InChI is InChI=1S/C26H35N3O3/c1-19(2)15-29(16-21-7-8-24-25(14-21)32-13-5-12-31-24)26(30)23-9-11-28(18-23)17-22-6-4-10-27-20(22)3/h4,6-8,10,14,19,23H,5,9,11-13,15-18H2,1-3H3/t23-/m1/s1. The van der Waals surface area contributed by atoms with Crippen LogP contribution in [0, 0.1) is 18.8 Å². The number of rotatable bonds is 7. The van der Waals surface area contributed by atoms with Crippen LogP contribution in [0.2, 0.25) is 0 Å². The molecule has 0 unspecified atom stereocenters. The molecule has 1 atom stereocenters. The molecule has 0 bridgehead atoms. The fraction of sp³-hybridized carbons (Fsp3) is 0.538. The number of aryl methyl sites for hydroxylation is 1. The molecule has 2 aromatic rings. The normalized spacial score (nSPS) is 18.6. The monoisotopic (exact) mass is 437 g/mol. The van der Waals surface area contributed by atoms with E-state index in [-0.39, 0.29) is 11.8 Å². The number of likely N-dealkylation sites (tertiary alicyclic amines) is 1. The van der Waals surface area contributed by atoms with Gasteiger partial charge in [0.1, 0.15) is 0 Å². The van der Waals surface area contributed by atoms with E-state index in [1.165, 1.54) is 5.56 Å². The topological polar surface area (TPSA) is 54.9 Å². The van der Waals surface area contributed by atoms with Crippen LogP contribution in [0.5, 0.6) is 11.5 Å². The summed E-state index contributed by atoms with van der Waals surface area (Å²) in [5.74, 6) is 2.30. The molecule has 1 aromatic heterocycles. The number of carbonyl (C=O) groups is 1. The van der Waals surface area contributed by atoms with Gasteiger partial charge in [-0.05, 0) is 55.1 Å². The van der Waals surface area contributed by atoms with Gasteiger partial charge in [-0.15, -0.1) is 0 Å². The third kappa shape index (κ3) is 5.60. The summed E-state index contributed by atoms with van der Waals surface area (Å²) in [6.07, 6.45) is 3.63. The van der Waals surface area contributed by atoms with Crippen molar-refractivity contribution in [3.05, 3.63) is 53.3 Å². The molecule has 0 aliphatic carbocycles. The number of ether oxygens (including phenoxy) is 2. The molecule has 0 radical (unpaired) electrons. The summed E-state index contributed by atoms with van der Waals surface area (Å²) in [5.41, 5.74) is 3.40. The van der Waals surface area contributed by atoms with Gasteiger partial charge < -0.3 is 14.4 Å². The van der Waals surface area contributed by atoms with Crippen LogP contribution in [0.25, 0.3) is 0 Å². The number of aromatic nitrogens is 1. The molecular formula is C26H35N3O3. The Balaban J connectivity index is 1.42. The van der Waals surface area contributed by atoms with Gasteiger partial charge in [0.25, 0.3) is 0 Å². The minimum absolute atomic E-state index is 0.0474. The highest BCUT2D eigenvalue weighted by Gasteiger charge is 2.32. The second kappa shape index (κ2) is 10.3. The number of carbonyl (C=O) groups excluding carboxylic acids is 1. The second-order valence-corrected chi connectivity index (χ2v) is 9.41. The van der Waals surface area contributed by atoms with E-state index in [0.29, 0.717) is 25.7 Å². The first-order valence-electron chi connectivity index (χ1n) is 11.8. The average molecular weight is 438 g/mol. The highest BCUT2D eigenvalue weighted by molar-refractivity contribution is 5.79. The van der Waals surface area contributed by atoms with E-state index in [1.807, 2.05) is 36.2 Å². The van der Waals surface area contributed by atoms with E-state index < -0.39 is 0 Å². The molecule has 2 aliphatic heterocycles. The third-order valence-corrected chi connectivity index (χ3v) is 6.21. The maximum atomic E-state index is 13.5. The molecule has 4 rings (SSSR count). The van der Waals surface area contributed by atoms with Gasteiger partial charge >= 0.3 is 0 Å². The van der Waals surface area contributed by atoms with E-state index >= 15 is 0 Å². The van der Waals surface area contributed by atoms with Crippen molar-refractivity contribution in [2.45, 2.75) is 46.7 Å². The van der Waals surface area contributed by atoms with Gasteiger partial charge in [0.05, 0.1) is 19.1 Å². The summed E-state index contributed by atoms with van der Waals surface area (Å²) >= 11 is 0. The summed E-state index contributed by atoms with van der Waals surface area (Å²) in [5, 5.41) is 0. The fourth-order valence-corrected chi connectivity index (χ4v) is 4.56. The number of hydrogen-bond acceptors (Lipinski definition) is 5. The predicted molar refractivity (Wildman–Crippen MR) is 125 cm³/mol. The minimum Gasteiger partial charge on any atom is -0.490 e. The molecule has 32 heavy (non-hydrogen) atoms. The SMILES string of the molecule is Cc1ncccc1CN1CC[C@@H](C(=O)N(Cc2ccc3c(c2)OCCCO3)CC(C)C)C1. The van der Waals surface area contributed by atoms with Gasteiger partial charge in [-0.2, -0.15) is 0 Å². The summed E-state index contributed by atoms with van der Waals surface area (Å²) in [6, 6.07) is 10.2. The summed E-state index contributed by atoms with van der Waals surface area (Å²) in [4.78, 5) is 22.3. The van der Waals surface area contributed by atoms with Gasteiger partial charge in [-0.25, -0.2) is 0 Å². The van der Waals surface area contributed by atoms with E-state index in [1.54, 1.807) is 0 Å². The Morgan fingerprint density at radius 3 is 2.81 bits per heavy atom. The number of fused-ring (bicyclic) bond motifs is 1. The highest BCUT2D eigenvalue weighted by Crippen LogP contribution is 2.31.